The van der Waals surface area contributed by atoms with Crippen molar-refractivity contribution in [3.63, 3.8) is 0 Å². The van der Waals surface area contributed by atoms with Crippen LogP contribution in [0.4, 0.5) is 0 Å². The lowest BCUT2D eigenvalue weighted by atomic mass is 9.94. The Kier molecular flexibility index (Phi) is 2.93. The molecule has 0 amide bonds. The maximum absolute atomic E-state index is 5.91. The first-order valence-corrected chi connectivity index (χ1v) is 6.85. The topological polar surface area (TPSA) is 21.8 Å². The fraction of sp³-hybridized carbons (Fsp3) is 0.600. The minimum Gasteiger partial charge on any atom is -0.360 e. The molecule has 3 rings (SSSR count). The van der Waals surface area contributed by atoms with Crippen LogP contribution >= 0.6 is 0 Å². The van der Waals surface area contributed by atoms with Gasteiger partial charge in [0.05, 0.1) is 13.2 Å². The van der Waals surface area contributed by atoms with Gasteiger partial charge in [-0.2, -0.15) is 4.65 Å². The van der Waals surface area contributed by atoms with Gasteiger partial charge in [0.15, 0.2) is 0 Å². The number of likely N-dealkylation sites (tertiary alicyclic amines) is 1. The number of rotatable bonds is 4. The SMILES string of the molecule is CCC12C[N+](Cc3ccccc3)(OC)CCC1O2. The van der Waals surface area contributed by atoms with Crippen molar-refractivity contribution in [1.29, 1.82) is 0 Å². The van der Waals surface area contributed by atoms with Gasteiger partial charge < -0.3 is 4.74 Å². The maximum Gasteiger partial charge on any atom is 0.146 e. The number of fused-ring (bicyclic) bond motifs is 1. The van der Waals surface area contributed by atoms with E-state index in [0.717, 1.165) is 32.5 Å². The Hall–Kier alpha value is -0.900. The average molecular weight is 248 g/mol. The normalized spacial score (nSPS) is 38.2. The van der Waals surface area contributed by atoms with E-state index in [9.17, 15) is 0 Å². The number of ether oxygens (including phenoxy) is 1. The fourth-order valence-electron chi connectivity index (χ4n) is 3.32. The number of hydrogen-bond acceptors (Lipinski definition) is 2. The van der Waals surface area contributed by atoms with E-state index in [2.05, 4.69) is 37.3 Å². The highest BCUT2D eigenvalue weighted by atomic mass is 16.7. The van der Waals surface area contributed by atoms with Gasteiger partial charge in [-0.3, -0.25) is 0 Å². The summed E-state index contributed by atoms with van der Waals surface area (Å²) in [6.45, 7) is 5.20. The van der Waals surface area contributed by atoms with Crippen LogP contribution in [0.3, 0.4) is 0 Å². The third kappa shape index (κ3) is 1.96. The Morgan fingerprint density at radius 3 is 2.83 bits per heavy atom. The zero-order valence-corrected chi connectivity index (χ0v) is 11.3. The number of nitrogens with zero attached hydrogens (tertiary/aromatic N) is 1. The molecule has 2 aliphatic rings. The summed E-state index contributed by atoms with van der Waals surface area (Å²) in [6.07, 6.45) is 2.70. The van der Waals surface area contributed by atoms with Crippen LogP contribution in [0.1, 0.15) is 25.3 Å². The monoisotopic (exact) mass is 248 g/mol. The van der Waals surface area contributed by atoms with Gasteiger partial charge in [0.25, 0.3) is 0 Å². The first kappa shape index (κ1) is 12.2. The molecule has 3 heteroatoms. The lowest BCUT2D eigenvalue weighted by molar-refractivity contribution is -1.12. The van der Waals surface area contributed by atoms with Gasteiger partial charge in [0.2, 0.25) is 0 Å². The van der Waals surface area contributed by atoms with E-state index in [0.29, 0.717) is 10.8 Å². The van der Waals surface area contributed by atoms with Crippen LogP contribution in [0, 0.1) is 0 Å². The maximum atomic E-state index is 5.91. The van der Waals surface area contributed by atoms with E-state index in [1.807, 2.05) is 7.11 Å². The molecule has 2 saturated heterocycles. The second-order valence-corrected chi connectivity index (χ2v) is 5.58. The van der Waals surface area contributed by atoms with Crippen LogP contribution in [0.5, 0.6) is 0 Å². The second kappa shape index (κ2) is 4.34. The number of hydroxylamine groups is 3. The molecule has 3 nitrogen and oxygen atoms in total. The molecule has 98 valence electrons. The van der Waals surface area contributed by atoms with Crippen LogP contribution in [0.25, 0.3) is 0 Å². The highest BCUT2D eigenvalue weighted by Gasteiger charge is 2.64. The van der Waals surface area contributed by atoms with Crippen molar-refractivity contribution < 1.29 is 14.2 Å². The molecule has 1 aromatic rings. The summed E-state index contributed by atoms with van der Waals surface area (Å²) < 4.78 is 6.62. The molecule has 0 radical (unpaired) electrons. The van der Waals surface area contributed by atoms with Gasteiger partial charge in [0, 0.05) is 12.0 Å². The number of piperidine rings is 1. The van der Waals surface area contributed by atoms with Gasteiger partial charge >= 0.3 is 0 Å². The van der Waals surface area contributed by atoms with Gasteiger partial charge in [-0.05, 0) is 6.42 Å². The van der Waals surface area contributed by atoms with Crippen LogP contribution in [-0.4, -0.2) is 36.6 Å². The average Bonchev–Trinajstić information content (AvgIpc) is 3.14. The summed E-state index contributed by atoms with van der Waals surface area (Å²) in [6, 6.07) is 10.6. The molecule has 0 saturated carbocycles. The standard InChI is InChI=1S/C15H22NO2/c1-3-15-12-16(17-2,10-9-14(15)18-15)11-13-7-5-4-6-8-13/h4-8,14H,3,9-12H2,1-2H3/q+1. The lowest BCUT2D eigenvalue weighted by Gasteiger charge is -2.38. The molecule has 2 heterocycles. The summed E-state index contributed by atoms with van der Waals surface area (Å²) in [4.78, 5) is 5.86. The number of quaternary nitrogens is 1. The Bertz CT molecular complexity index is 422. The minimum absolute atomic E-state index is 0.100. The summed E-state index contributed by atoms with van der Waals surface area (Å²) in [5, 5.41) is 0. The van der Waals surface area contributed by atoms with E-state index in [1.165, 1.54) is 5.56 Å². The Balaban J connectivity index is 1.78. The van der Waals surface area contributed by atoms with Crippen molar-refractivity contribution in [1.82, 2.24) is 0 Å². The summed E-state index contributed by atoms with van der Waals surface area (Å²) >= 11 is 0. The molecule has 0 N–H and O–H groups in total. The first-order chi connectivity index (χ1) is 8.72. The van der Waals surface area contributed by atoms with E-state index >= 15 is 0 Å². The molecule has 0 aliphatic carbocycles. The molecule has 0 aromatic heterocycles. The molecule has 0 spiro atoms. The van der Waals surface area contributed by atoms with Crippen molar-refractivity contribution in [3.8, 4) is 0 Å². The highest BCUT2D eigenvalue weighted by molar-refractivity contribution is 5.14. The van der Waals surface area contributed by atoms with Gasteiger partial charge in [-0.15, -0.1) is 0 Å². The Morgan fingerprint density at radius 2 is 2.17 bits per heavy atom. The van der Waals surface area contributed by atoms with Crippen LogP contribution in [-0.2, 0) is 16.1 Å². The number of benzene rings is 1. The predicted molar refractivity (Wildman–Crippen MR) is 69.7 cm³/mol. The molecular weight excluding hydrogens is 226 g/mol. The smallest absolute Gasteiger partial charge is 0.146 e. The zero-order valence-electron chi connectivity index (χ0n) is 11.3. The van der Waals surface area contributed by atoms with Crippen molar-refractivity contribution in [2.24, 2.45) is 0 Å². The summed E-state index contributed by atoms with van der Waals surface area (Å²) in [7, 11) is 1.83. The Labute approximate surface area is 109 Å². The third-order valence-corrected chi connectivity index (χ3v) is 4.56. The fourth-order valence-corrected chi connectivity index (χ4v) is 3.32. The highest BCUT2D eigenvalue weighted by Crippen LogP contribution is 2.48. The van der Waals surface area contributed by atoms with E-state index in [-0.39, 0.29) is 5.60 Å². The number of hydrogen-bond donors (Lipinski definition) is 0. The van der Waals surface area contributed by atoms with Crippen LogP contribution < -0.4 is 0 Å². The van der Waals surface area contributed by atoms with Crippen LogP contribution in [0.15, 0.2) is 30.3 Å². The largest absolute Gasteiger partial charge is 0.360 e. The van der Waals surface area contributed by atoms with Gasteiger partial charge in [-0.1, -0.05) is 37.3 Å². The van der Waals surface area contributed by atoms with Crippen LogP contribution in [0.2, 0.25) is 0 Å². The van der Waals surface area contributed by atoms with Crippen molar-refractivity contribution >= 4 is 0 Å². The third-order valence-electron chi connectivity index (χ3n) is 4.56. The molecule has 3 unspecified atom stereocenters. The molecule has 3 atom stereocenters. The molecule has 2 aliphatic heterocycles. The van der Waals surface area contributed by atoms with Gasteiger partial charge in [0.1, 0.15) is 25.2 Å². The van der Waals surface area contributed by atoms with Crippen molar-refractivity contribution in [2.45, 2.75) is 38.0 Å². The van der Waals surface area contributed by atoms with Crippen molar-refractivity contribution in [3.05, 3.63) is 35.9 Å². The molecule has 1 aromatic carbocycles. The molecule has 18 heavy (non-hydrogen) atoms. The quantitative estimate of drug-likeness (QED) is 0.603. The zero-order chi connectivity index (χ0) is 12.6. The van der Waals surface area contributed by atoms with E-state index in [4.69, 9.17) is 9.57 Å². The minimum atomic E-state index is 0.100. The summed E-state index contributed by atoms with van der Waals surface area (Å²) in [5.74, 6) is 0. The van der Waals surface area contributed by atoms with E-state index < -0.39 is 0 Å². The van der Waals surface area contributed by atoms with Gasteiger partial charge in [-0.25, -0.2) is 4.84 Å². The van der Waals surface area contributed by atoms with Crippen molar-refractivity contribution in [2.75, 3.05) is 20.2 Å². The lowest BCUT2D eigenvalue weighted by Crippen LogP contribution is -2.56. The summed E-state index contributed by atoms with van der Waals surface area (Å²) in [5.41, 5.74) is 1.44. The predicted octanol–water partition coefficient (Wildman–Crippen LogP) is 2.52. The molecular formula is C15H22NO2+. The van der Waals surface area contributed by atoms with E-state index in [1.54, 1.807) is 0 Å². The molecule has 0 bridgehead atoms. The first-order valence-electron chi connectivity index (χ1n) is 6.85. The molecule has 2 fully saturated rings. The Morgan fingerprint density at radius 1 is 1.39 bits per heavy atom. The number of epoxide rings is 1. The second-order valence-electron chi connectivity index (χ2n) is 5.58.